The molecule has 0 aliphatic carbocycles. The van der Waals surface area contributed by atoms with Crippen LogP contribution >= 0.6 is 0 Å². The molecule has 0 spiro atoms. The number of rotatable bonds is 9. The molecule has 1 heterocycles. The van der Waals surface area contributed by atoms with Crippen molar-refractivity contribution in [3.8, 4) is 0 Å². The van der Waals surface area contributed by atoms with Gasteiger partial charge in [0.2, 0.25) is 5.91 Å². The van der Waals surface area contributed by atoms with E-state index in [4.69, 9.17) is 5.73 Å². The molecule has 26 heavy (non-hydrogen) atoms. The quantitative estimate of drug-likeness (QED) is 0.686. The van der Waals surface area contributed by atoms with E-state index < -0.39 is 11.2 Å². The Morgan fingerprint density at radius 2 is 1.73 bits per heavy atom. The van der Waals surface area contributed by atoms with Gasteiger partial charge in [-0.1, -0.05) is 13.3 Å². The van der Waals surface area contributed by atoms with Gasteiger partial charge in [-0.15, -0.1) is 0 Å². The second kappa shape index (κ2) is 9.45. The molecule has 1 aromatic rings. The highest BCUT2D eigenvalue weighted by Crippen LogP contribution is 2.18. The molecule has 1 rings (SSSR count). The minimum atomic E-state index is -0.560. The first kappa shape index (κ1) is 21.8. The Balaban J connectivity index is 3.27. The molecule has 8 nitrogen and oxygen atoms in total. The maximum Gasteiger partial charge on any atom is 0.330 e. The lowest BCUT2D eigenvalue weighted by Gasteiger charge is -2.33. The van der Waals surface area contributed by atoms with E-state index in [0.717, 1.165) is 12.8 Å². The molecule has 1 amide bonds. The van der Waals surface area contributed by atoms with Crippen LogP contribution in [-0.2, 0) is 11.3 Å². The van der Waals surface area contributed by atoms with Crippen LogP contribution in [0.2, 0.25) is 0 Å². The second-order valence-electron chi connectivity index (χ2n) is 7.00. The highest BCUT2D eigenvalue weighted by Gasteiger charge is 2.25. The Labute approximate surface area is 155 Å². The lowest BCUT2D eigenvalue weighted by atomic mass is 10.2. The minimum Gasteiger partial charge on any atom is -0.383 e. The Morgan fingerprint density at radius 1 is 1.15 bits per heavy atom. The summed E-state index contributed by atoms with van der Waals surface area (Å²) in [6.07, 6.45) is 1.67. The zero-order valence-electron chi connectivity index (χ0n) is 16.8. The number of nitrogens with zero attached hydrogens (tertiary/aromatic N) is 3. The number of hydrogen-bond acceptors (Lipinski definition) is 5. The highest BCUT2D eigenvalue weighted by molar-refractivity contribution is 5.83. The van der Waals surface area contributed by atoms with Crippen LogP contribution < -0.4 is 21.9 Å². The molecule has 0 fully saturated rings. The van der Waals surface area contributed by atoms with E-state index >= 15 is 0 Å². The Morgan fingerprint density at radius 3 is 2.19 bits per heavy atom. The number of nitrogen functional groups attached to an aromatic ring is 1. The van der Waals surface area contributed by atoms with Gasteiger partial charge in [0.1, 0.15) is 11.5 Å². The van der Waals surface area contributed by atoms with Gasteiger partial charge in [0.15, 0.2) is 0 Å². The lowest BCUT2D eigenvalue weighted by molar-refractivity contribution is -0.133. The summed E-state index contributed by atoms with van der Waals surface area (Å²) < 4.78 is 1.37. The van der Waals surface area contributed by atoms with Crippen molar-refractivity contribution in [2.75, 3.05) is 23.7 Å². The van der Waals surface area contributed by atoms with Crippen molar-refractivity contribution in [2.24, 2.45) is 0 Å². The summed E-state index contributed by atoms with van der Waals surface area (Å²) in [5.74, 6) is 0.0319. The predicted octanol–water partition coefficient (Wildman–Crippen LogP) is 1.39. The number of amides is 1. The number of carbonyl (C=O) groups is 1. The molecule has 3 N–H and O–H groups in total. The van der Waals surface area contributed by atoms with Crippen molar-refractivity contribution in [1.82, 2.24) is 14.5 Å². The summed E-state index contributed by atoms with van der Waals surface area (Å²) in [6.45, 7) is 12.6. The smallest absolute Gasteiger partial charge is 0.330 e. The number of nitrogens with two attached hydrogens (primary N) is 1. The first-order valence-corrected chi connectivity index (χ1v) is 9.34. The SMILES string of the molecule is CCCCn1c(N)c(N(CC)CC(=O)N(C(C)C)C(C)C)c(=O)[nH]c1=O. The molecule has 0 unspecified atom stereocenters. The number of aromatic nitrogens is 2. The van der Waals surface area contributed by atoms with Crippen LogP contribution in [0.4, 0.5) is 11.5 Å². The Kier molecular flexibility index (Phi) is 7.92. The standard InChI is InChI=1S/C18H33N5O3/c1-7-9-10-22-16(19)15(17(25)20-18(22)26)21(8-2)11-14(24)23(12(3)4)13(5)6/h12-13H,7-11,19H2,1-6H3,(H,20,25,26). The van der Waals surface area contributed by atoms with Crippen LogP contribution in [0.3, 0.4) is 0 Å². The third-order valence-electron chi connectivity index (χ3n) is 4.37. The zero-order valence-corrected chi connectivity index (χ0v) is 16.8. The van der Waals surface area contributed by atoms with Crippen LogP contribution in [0.15, 0.2) is 9.59 Å². The van der Waals surface area contributed by atoms with Crippen LogP contribution in [0.1, 0.15) is 54.4 Å². The fourth-order valence-electron chi connectivity index (χ4n) is 3.19. The molecule has 0 bridgehead atoms. The van der Waals surface area contributed by atoms with Gasteiger partial charge in [-0.2, -0.15) is 0 Å². The van der Waals surface area contributed by atoms with Crippen molar-refractivity contribution >= 4 is 17.4 Å². The molecule has 1 aromatic heterocycles. The van der Waals surface area contributed by atoms with E-state index in [1.807, 2.05) is 41.5 Å². The summed E-state index contributed by atoms with van der Waals surface area (Å²) in [7, 11) is 0. The average Bonchev–Trinajstić information content (AvgIpc) is 2.52. The average molecular weight is 367 g/mol. The molecule has 0 aliphatic heterocycles. The van der Waals surface area contributed by atoms with Crippen LogP contribution in [-0.4, -0.2) is 45.5 Å². The molecule has 0 radical (unpaired) electrons. The molecule has 8 heteroatoms. The minimum absolute atomic E-state index is 0.0339. The summed E-state index contributed by atoms with van der Waals surface area (Å²) in [5.41, 5.74) is 5.26. The normalized spacial score (nSPS) is 11.2. The maximum atomic E-state index is 12.8. The third kappa shape index (κ3) is 4.89. The summed E-state index contributed by atoms with van der Waals surface area (Å²) in [4.78, 5) is 43.0. The Bertz CT molecular complexity index is 713. The van der Waals surface area contributed by atoms with E-state index in [0.29, 0.717) is 13.1 Å². The molecule has 148 valence electrons. The Hall–Kier alpha value is -2.25. The van der Waals surface area contributed by atoms with Crippen molar-refractivity contribution < 1.29 is 4.79 Å². The molecule has 0 saturated carbocycles. The van der Waals surface area contributed by atoms with E-state index in [-0.39, 0.29) is 36.0 Å². The van der Waals surface area contributed by atoms with Crippen LogP contribution in [0, 0.1) is 0 Å². The number of carbonyl (C=O) groups excluding carboxylic acids is 1. The monoisotopic (exact) mass is 367 g/mol. The molecule has 0 aliphatic rings. The molecular formula is C18H33N5O3. The van der Waals surface area contributed by atoms with E-state index in [1.165, 1.54) is 4.57 Å². The number of anilines is 2. The van der Waals surface area contributed by atoms with Crippen LogP contribution in [0.25, 0.3) is 0 Å². The van der Waals surface area contributed by atoms with Crippen molar-refractivity contribution in [3.05, 3.63) is 20.8 Å². The highest BCUT2D eigenvalue weighted by atomic mass is 16.2. The third-order valence-corrected chi connectivity index (χ3v) is 4.37. The first-order chi connectivity index (χ1) is 12.1. The summed E-state index contributed by atoms with van der Waals surface area (Å²) in [5, 5.41) is 0. The van der Waals surface area contributed by atoms with E-state index in [9.17, 15) is 14.4 Å². The van der Waals surface area contributed by atoms with Crippen molar-refractivity contribution in [2.45, 2.75) is 73.0 Å². The fourth-order valence-corrected chi connectivity index (χ4v) is 3.19. The topological polar surface area (TPSA) is 104 Å². The molecule has 0 atom stereocenters. The number of aromatic amines is 1. The van der Waals surface area contributed by atoms with Gasteiger partial charge in [0.05, 0.1) is 6.54 Å². The van der Waals surface area contributed by atoms with Gasteiger partial charge in [0.25, 0.3) is 5.56 Å². The lowest BCUT2D eigenvalue weighted by Crippen LogP contribution is -2.48. The van der Waals surface area contributed by atoms with Gasteiger partial charge < -0.3 is 15.5 Å². The molecule has 0 aromatic carbocycles. The summed E-state index contributed by atoms with van der Waals surface area (Å²) in [6, 6.07) is 0.102. The predicted molar refractivity (Wildman–Crippen MR) is 106 cm³/mol. The first-order valence-electron chi connectivity index (χ1n) is 9.34. The van der Waals surface area contributed by atoms with E-state index in [1.54, 1.807) is 9.80 Å². The molecular weight excluding hydrogens is 334 g/mol. The van der Waals surface area contributed by atoms with Crippen LogP contribution in [0.5, 0.6) is 0 Å². The van der Waals surface area contributed by atoms with Crippen molar-refractivity contribution in [3.63, 3.8) is 0 Å². The largest absolute Gasteiger partial charge is 0.383 e. The fraction of sp³-hybridized carbons (Fsp3) is 0.722. The van der Waals surface area contributed by atoms with Crippen molar-refractivity contribution in [1.29, 1.82) is 0 Å². The van der Waals surface area contributed by atoms with E-state index in [2.05, 4.69) is 4.98 Å². The number of unbranched alkanes of at least 4 members (excludes halogenated alkanes) is 1. The number of nitrogens with one attached hydrogen (secondary N) is 1. The number of hydrogen-bond donors (Lipinski definition) is 2. The van der Waals surface area contributed by atoms with Gasteiger partial charge in [-0.05, 0) is 41.0 Å². The maximum absolute atomic E-state index is 12.8. The van der Waals surface area contributed by atoms with Gasteiger partial charge in [-0.3, -0.25) is 19.1 Å². The molecule has 0 saturated heterocycles. The second-order valence-corrected chi connectivity index (χ2v) is 7.00. The zero-order chi connectivity index (χ0) is 20.0. The summed E-state index contributed by atoms with van der Waals surface area (Å²) >= 11 is 0. The van der Waals surface area contributed by atoms with Gasteiger partial charge >= 0.3 is 5.69 Å². The van der Waals surface area contributed by atoms with Gasteiger partial charge in [-0.25, -0.2) is 4.79 Å². The number of H-pyrrole nitrogens is 1. The number of likely N-dealkylation sites (N-methyl/N-ethyl adjacent to an activating group) is 1. The van der Waals surface area contributed by atoms with Gasteiger partial charge in [0, 0.05) is 25.2 Å².